The molecule has 0 spiro atoms. The van der Waals surface area contributed by atoms with Gasteiger partial charge in [0.25, 0.3) is 0 Å². The monoisotopic (exact) mass is 500 g/mol. The van der Waals surface area contributed by atoms with Crippen molar-refractivity contribution in [3.05, 3.63) is 40.7 Å². The van der Waals surface area contributed by atoms with E-state index in [1.54, 1.807) is 26.0 Å². The van der Waals surface area contributed by atoms with Gasteiger partial charge in [0, 0.05) is 24.3 Å². The van der Waals surface area contributed by atoms with Crippen molar-refractivity contribution in [1.82, 2.24) is 14.3 Å². The highest BCUT2D eigenvalue weighted by molar-refractivity contribution is 7.89. The minimum absolute atomic E-state index is 0.0802. The van der Waals surface area contributed by atoms with Gasteiger partial charge in [-0.1, -0.05) is 13.8 Å². The maximum Gasteiger partial charge on any atom is 0.353 e. The first-order valence-electron chi connectivity index (χ1n) is 12.4. The molecule has 4 bridgehead atoms. The molecule has 0 unspecified atom stereocenters. The fraction of sp³-hybridized carbons (Fsp3) is 0.583. The van der Waals surface area contributed by atoms with Gasteiger partial charge < -0.3 is 10.6 Å². The van der Waals surface area contributed by atoms with Gasteiger partial charge in [-0.2, -0.15) is 4.31 Å². The van der Waals surface area contributed by atoms with Crippen LogP contribution in [0.1, 0.15) is 52.4 Å². The average molecular weight is 501 g/mol. The van der Waals surface area contributed by atoms with Crippen LogP contribution in [-0.2, 0) is 10.0 Å². The molecule has 10 nitrogen and oxygen atoms in total. The summed E-state index contributed by atoms with van der Waals surface area (Å²) < 4.78 is 26.9. The summed E-state index contributed by atoms with van der Waals surface area (Å²) in [6, 6.07) is 6.18. The third-order valence-corrected chi connectivity index (χ3v) is 9.95. The number of hydrogen-bond acceptors (Lipinski definition) is 8. The van der Waals surface area contributed by atoms with E-state index in [-0.39, 0.29) is 27.8 Å². The Balaban J connectivity index is 1.40. The Morgan fingerprint density at radius 2 is 1.54 bits per heavy atom. The number of nitrogens with one attached hydrogen (secondary N) is 2. The van der Waals surface area contributed by atoms with Crippen LogP contribution in [0.5, 0.6) is 0 Å². The minimum Gasteiger partial charge on any atom is -0.359 e. The second-order valence-corrected chi connectivity index (χ2v) is 12.2. The summed E-state index contributed by atoms with van der Waals surface area (Å²) in [7, 11) is -3.58. The van der Waals surface area contributed by atoms with Crippen LogP contribution in [0.25, 0.3) is 0 Å². The van der Waals surface area contributed by atoms with Crippen molar-refractivity contribution in [2.24, 2.45) is 17.8 Å². The molecule has 35 heavy (non-hydrogen) atoms. The summed E-state index contributed by atoms with van der Waals surface area (Å²) in [6.45, 7) is 4.34. The molecule has 188 valence electrons. The minimum atomic E-state index is -3.58. The molecule has 0 atom stereocenters. The Morgan fingerprint density at radius 1 is 1.00 bits per heavy atom. The SMILES string of the molecule is CCN(CC)S(=O)(=O)c1ccc(Nc2ncnc(NC34CC5CC(CC(C5)C3)C4)c2[N+](=O)[O-])cc1. The molecule has 0 saturated heterocycles. The second-order valence-electron chi connectivity index (χ2n) is 10.2. The maximum atomic E-state index is 12.7. The van der Waals surface area contributed by atoms with Crippen LogP contribution in [0.2, 0.25) is 0 Å². The fourth-order valence-corrected chi connectivity index (χ4v) is 8.27. The molecule has 0 aliphatic heterocycles. The molecule has 1 heterocycles. The van der Waals surface area contributed by atoms with Gasteiger partial charge in [0.05, 0.1) is 9.82 Å². The van der Waals surface area contributed by atoms with E-state index in [0.717, 1.165) is 19.3 Å². The highest BCUT2D eigenvalue weighted by Gasteiger charge is 2.51. The normalized spacial score (nSPS) is 27.2. The first-order valence-corrected chi connectivity index (χ1v) is 13.8. The van der Waals surface area contributed by atoms with E-state index in [9.17, 15) is 18.5 Å². The van der Waals surface area contributed by atoms with Gasteiger partial charge in [0.2, 0.25) is 21.7 Å². The van der Waals surface area contributed by atoms with Crippen molar-refractivity contribution in [2.45, 2.75) is 62.8 Å². The number of rotatable bonds is 9. The van der Waals surface area contributed by atoms with E-state index >= 15 is 0 Å². The third-order valence-electron chi connectivity index (χ3n) is 7.89. The summed E-state index contributed by atoms with van der Waals surface area (Å²) in [5.74, 6) is 2.40. The number of sulfonamides is 1. The highest BCUT2D eigenvalue weighted by Crippen LogP contribution is 2.57. The number of aromatic nitrogens is 2. The Labute approximate surface area is 205 Å². The van der Waals surface area contributed by atoms with E-state index in [2.05, 4.69) is 20.6 Å². The molecule has 4 saturated carbocycles. The van der Waals surface area contributed by atoms with Crippen molar-refractivity contribution in [1.29, 1.82) is 0 Å². The van der Waals surface area contributed by atoms with E-state index < -0.39 is 14.9 Å². The van der Waals surface area contributed by atoms with Crippen molar-refractivity contribution < 1.29 is 13.3 Å². The van der Waals surface area contributed by atoms with Crippen LogP contribution in [0.4, 0.5) is 23.0 Å². The number of nitrogens with zero attached hydrogens (tertiary/aromatic N) is 4. The van der Waals surface area contributed by atoms with E-state index in [1.807, 2.05) is 0 Å². The zero-order valence-corrected chi connectivity index (χ0v) is 20.9. The van der Waals surface area contributed by atoms with Gasteiger partial charge >= 0.3 is 5.69 Å². The molecule has 2 N–H and O–H groups in total. The van der Waals surface area contributed by atoms with Gasteiger partial charge in [-0.3, -0.25) is 10.1 Å². The summed E-state index contributed by atoms with van der Waals surface area (Å²) in [6.07, 6.45) is 8.26. The van der Waals surface area contributed by atoms with Crippen LogP contribution in [0.3, 0.4) is 0 Å². The quantitative estimate of drug-likeness (QED) is 0.379. The molecule has 0 radical (unpaired) electrons. The summed E-state index contributed by atoms with van der Waals surface area (Å²) in [5, 5.41) is 18.6. The predicted molar refractivity (Wildman–Crippen MR) is 133 cm³/mol. The third kappa shape index (κ3) is 4.47. The number of anilines is 3. The number of hydrogen-bond donors (Lipinski definition) is 2. The second kappa shape index (κ2) is 9.02. The van der Waals surface area contributed by atoms with Crippen LogP contribution >= 0.6 is 0 Å². The first kappa shape index (κ1) is 23.9. The lowest BCUT2D eigenvalue weighted by molar-refractivity contribution is -0.383. The van der Waals surface area contributed by atoms with Crippen molar-refractivity contribution in [3.63, 3.8) is 0 Å². The Bertz CT molecular complexity index is 1180. The lowest BCUT2D eigenvalue weighted by Crippen LogP contribution is -2.55. The number of benzene rings is 1. The molecular formula is C24H32N6O4S. The highest BCUT2D eigenvalue weighted by atomic mass is 32.2. The Hall–Kier alpha value is -2.79. The molecule has 1 aromatic carbocycles. The number of nitro groups is 1. The first-order chi connectivity index (χ1) is 16.7. The van der Waals surface area contributed by atoms with E-state index in [1.165, 1.54) is 42.0 Å². The fourth-order valence-electron chi connectivity index (χ4n) is 6.81. The topological polar surface area (TPSA) is 130 Å². The zero-order valence-electron chi connectivity index (χ0n) is 20.1. The molecule has 1 aromatic heterocycles. The van der Waals surface area contributed by atoms with E-state index in [0.29, 0.717) is 36.5 Å². The molecule has 6 rings (SSSR count). The molecule has 11 heteroatoms. The Kier molecular flexibility index (Phi) is 6.16. The maximum absolute atomic E-state index is 12.7. The van der Waals surface area contributed by atoms with Gasteiger partial charge in [0.1, 0.15) is 6.33 Å². The summed E-state index contributed by atoms with van der Waals surface area (Å²) in [5.41, 5.74) is 0.181. The Morgan fingerprint density at radius 3 is 2.06 bits per heavy atom. The van der Waals surface area contributed by atoms with E-state index in [4.69, 9.17) is 0 Å². The smallest absolute Gasteiger partial charge is 0.353 e. The van der Waals surface area contributed by atoms with Gasteiger partial charge in [-0.15, -0.1) is 0 Å². The van der Waals surface area contributed by atoms with Gasteiger partial charge in [0.15, 0.2) is 0 Å². The summed E-state index contributed by atoms with van der Waals surface area (Å²) in [4.78, 5) is 20.2. The largest absolute Gasteiger partial charge is 0.359 e. The lowest BCUT2D eigenvalue weighted by atomic mass is 9.53. The van der Waals surface area contributed by atoms with Crippen LogP contribution < -0.4 is 10.6 Å². The van der Waals surface area contributed by atoms with Crippen molar-refractivity contribution in [2.75, 3.05) is 23.7 Å². The van der Waals surface area contributed by atoms with Crippen LogP contribution in [0.15, 0.2) is 35.5 Å². The van der Waals surface area contributed by atoms with Crippen LogP contribution in [0, 0.1) is 27.9 Å². The summed E-state index contributed by atoms with van der Waals surface area (Å²) >= 11 is 0. The van der Waals surface area contributed by atoms with Crippen LogP contribution in [-0.4, -0.2) is 46.2 Å². The van der Waals surface area contributed by atoms with Gasteiger partial charge in [-0.05, 0) is 80.5 Å². The van der Waals surface area contributed by atoms with Crippen molar-refractivity contribution >= 4 is 33.0 Å². The predicted octanol–water partition coefficient (Wildman–Crippen LogP) is 4.54. The molecule has 4 fully saturated rings. The average Bonchev–Trinajstić information content (AvgIpc) is 2.79. The van der Waals surface area contributed by atoms with Gasteiger partial charge in [-0.25, -0.2) is 18.4 Å². The lowest BCUT2D eigenvalue weighted by Gasteiger charge is -2.57. The van der Waals surface area contributed by atoms with Crippen molar-refractivity contribution in [3.8, 4) is 0 Å². The molecule has 2 aromatic rings. The zero-order chi connectivity index (χ0) is 24.8. The molecule has 4 aliphatic carbocycles. The molecular weight excluding hydrogens is 468 g/mol. The standard InChI is InChI=1S/C24H32N6O4S/c1-3-29(4-2)35(33,34)20-7-5-19(6-8-20)27-22-21(30(31)32)23(26-15-25-22)28-24-12-16-9-17(13-24)11-18(10-16)14-24/h5-8,15-18H,3-4,9-14H2,1-2H3,(H2,25,26,27,28). The molecule has 4 aliphatic rings. The molecule has 0 amide bonds.